The highest BCUT2D eigenvalue weighted by Crippen LogP contribution is 2.15. The van der Waals surface area contributed by atoms with Crippen molar-refractivity contribution in [1.29, 1.82) is 0 Å². The van der Waals surface area contributed by atoms with Crippen LogP contribution in [0.4, 0.5) is 0 Å². The zero-order valence-corrected chi connectivity index (χ0v) is 15.1. The van der Waals surface area contributed by atoms with Crippen molar-refractivity contribution in [3.05, 3.63) is 101 Å². The van der Waals surface area contributed by atoms with Gasteiger partial charge in [0.15, 0.2) is 0 Å². The van der Waals surface area contributed by atoms with Crippen LogP contribution in [0.15, 0.2) is 93.4 Å². The summed E-state index contributed by atoms with van der Waals surface area (Å²) in [5, 5.41) is 4.90. The molecule has 0 bridgehead atoms. The lowest BCUT2D eigenvalue weighted by Gasteiger charge is -2.09. The number of hydrogen-bond acceptors (Lipinski definition) is 4. The standard InChI is InChI=1S/C22H17N3O3/c1-15(18-14-16-8-2-5-11-20(16)28-22(18)27)23-24-21(26)17-9-3-4-10-19(17)25-12-6-7-13-25/h2-14H,1H3,(H,24,26)/b23-15-. The minimum Gasteiger partial charge on any atom is -0.422 e. The molecule has 138 valence electrons. The van der Waals surface area contributed by atoms with Crippen molar-refractivity contribution in [1.82, 2.24) is 9.99 Å². The van der Waals surface area contributed by atoms with Crippen molar-refractivity contribution in [2.45, 2.75) is 6.92 Å². The van der Waals surface area contributed by atoms with Gasteiger partial charge >= 0.3 is 5.63 Å². The van der Waals surface area contributed by atoms with Gasteiger partial charge in [0.25, 0.3) is 5.91 Å². The molecule has 1 amide bonds. The fourth-order valence-electron chi connectivity index (χ4n) is 2.96. The summed E-state index contributed by atoms with van der Waals surface area (Å²) in [4.78, 5) is 24.9. The molecule has 0 atom stereocenters. The number of nitrogens with zero attached hydrogens (tertiary/aromatic N) is 2. The van der Waals surface area contributed by atoms with Gasteiger partial charge in [0.2, 0.25) is 0 Å². The number of benzene rings is 2. The van der Waals surface area contributed by atoms with Gasteiger partial charge in [0, 0.05) is 17.8 Å². The Balaban J connectivity index is 1.62. The first-order valence-corrected chi connectivity index (χ1v) is 8.74. The maximum absolute atomic E-state index is 12.7. The number of carbonyl (C=O) groups excluding carboxylic acids is 1. The van der Waals surface area contributed by atoms with Crippen molar-refractivity contribution in [3.8, 4) is 5.69 Å². The zero-order valence-electron chi connectivity index (χ0n) is 15.1. The van der Waals surface area contributed by atoms with E-state index in [2.05, 4.69) is 10.5 Å². The normalized spacial score (nSPS) is 11.5. The van der Waals surface area contributed by atoms with Gasteiger partial charge in [-0.2, -0.15) is 5.10 Å². The Morgan fingerprint density at radius 1 is 0.964 bits per heavy atom. The average Bonchev–Trinajstić information content (AvgIpc) is 3.26. The van der Waals surface area contributed by atoms with Crippen LogP contribution in [0.2, 0.25) is 0 Å². The van der Waals surface area contributed by atoms with Gasteiger partial charge in [-0.25, -0.2) is 10.2 Å². The monoisotopic (exact) mass is 371 g/mol. The molecule has 0 aliphatic carbocycles. The van der Waals surface area contributed by atoms with Crippen LogP contribution in [0.1, 0.15) is 22.8 Å². The molecular weight excluding hydrogens is 354 g/mol. The second kappa shape index (κ2) is 7.36. The summed E-state index contributed by atoms with van der Waals surface area (Å²) in [6, 6.07) is 19.9. The average molecular weight is 371 g/mol. The maximum Gasteiger partial charge on any atom is 0.345 e. The molecule has 0 spiro atoms. The number of hydrogen-bond donors (Lipinski definition) is 1. The molecular formula is C22H17N3O3. The van der Waals surface area contributed by atoms with Crippen molar-refractivity contribution >= 4 is 22.6 Å². The summed E-state index contributed by atoms with van der Waals surface area (Å²) in [5.74, 6) is -0.367. The third-order valence-corrected chi connectivity index (χ3v) is 4.39. The lowest BCUT2D eigenvalue weighted by Crippen LogP contribution is -2.22. The molecule has 4 rings (SSSR count). The largest absolute Gasteiger partial charge is 0.422 e. The summed E-state index contributed by atoms with van der Waals surface area (Å²) >= 11 is 0. The van der Waals surface area contributed by atoms with Gasteiger partial charge in [-0.15, -0.1) is 0 Å². The summed E-state index contributed by atoms with van der Waals surface area (Å²) in [6.07, 6.45) is 3.72. The number of para-hydroxylation sites is 2. The van der Waals surface area contributed by atoms with Crippen LogP contribution in [0.3, 0.4) is 0 Å². The van der Waals surface area contributed by atoms with Gasteiger partial charge in [-0.1, -0.05) is 30.3 Å². The predicted molar refractivity (Wildman–Crippen MR) is 108 cm³/mol. The number of carbonyl (C=O) groups is 1. The van der Waals surface area contributed by atoms with Crippen molar-refractivity contribution in [3.63, 3.8) is 0 Å². The molecule has 0 saturated carbocycles. The Bertz CT molecular complexity index is 1240. The van der Waals surface area contributed by atoms with Crippen LogP contribution < -0.4 is 11.1 Å². The first-order chi connectivity index (χ1) is 13.6. The second-order valence-corrected chi connectivity index (χ2v) is 6.23. The molecule has 0 aliphatic heterocycles. The van der Waals surface area contributed by atoms with E-state index in [-0.39, 0.29) is 5.91 Å². The quantitative estimate of drug-likeness (QED) is 0.337. The number of hydrazone groups is 1. The fraction of sp³-hybridized carbons (Fsp3) is 0.0455. The minimum atomic E-state index is -0.498. The minimum absolute atomic E-state index is 0.303. The van der Waals surface area contributed by atoms with Crippen LogP contribution in [0, 0.1) is 0 Å². The Hall–Kier alpha value is -3.93. The molecule has 0 radical (unpaired) electrons. The fourth-order valence-corrected chi connectivity index (χ4v) is 2.96. The topological polar surface area (TPSA) is 76.6 Å². The van der Waals surface area contributed by atoms with E-state index in [1.807, 2.05) is 53.4 Å². The van der Waals surface area contributed by atoms with Crippen molar-refractivity contribution in [2.24, 2.45) is 5.10 Å². The van der Waals surface area contributed by atoms with Crippen LogP contribution >= 0.6 is 0 Å². The smallest absolute Gasteiger partial charge is 0.345 e. The summed E-state index contributed by atoms with van der Waals surface area (Å²) < 4.78 is 7.17. The highest BCUT2D eigenvalue weighted by molar-refractivity contribution is 6.03. The Kier molecular flexibility index (Phi) is 4.60. The second-order valence-electron chi connectivity index (χ2n) is 6.23. The molecule has 4 aromatic rings. The third-order valence-electron chi connectivity index (χ3n) is 4.39. The van der Waals surface area contributed by atoms with Crippen molar-refractivity contribution < 1.29 is 9.21 Å². The van der Waals surface area contributed by atoms with Crippen LogP contribution in [-0.2, 0) is 0 Å². The number of fused-ring (bicyclic) bond motifs is 1. The van der Waals surface area contributed by atoms with Gasteiger partial charge in [0.05, 0.1) is 22.5 Å². The zero-order chi connectivity index (χ0) is 19.5. The molecule has 28 heavy (non-hydrogen) atoms. The van der Waals surface area contributed by atoms with E-state index in [0.29, 0.717) is 22.4 Å². The van der Waals surface area contributed by atoms with E-state index in [1.54, 1.807) is 37.3 Å². The summed E-state index contributed by atoms with van der Waals surface area (Å²) in [7, 11) is 0. The SMILES string of the molecule is C/C(=N/NC(=O)c1ccccc1-n1cccc1)c1cc2ccccc2oc1=O. The summed E-state index contributed by atoms with van der Waals surface area (Å²) in [5.41, 5.74) is 4.42. The number of nitrogens with one attached hydrogen (secondary N) is 1. The van der Waals surface area contributed by atoms with Gasteiger partial charge in [0.1, 0.15) is 5.58 Å². The van der Waals surface area contributed by atoms with Gasteiger partial charge in [-0.3, -0.25) is 4.79 Å². The van der Waals surface area contributed by atoms with Crippen LogP contribution in [-0.4, -0.2) is 16.2 Å². The molecule has 1 N–H and O–H groups in total. The number of rotatable bonds is 4. The van der Waals surface area contributed by atoms with E-state index >= 15 is 0 Å². The van der Waals surface area contributed by atoms with Crippen LogP contribution in [0.25, 0.3) is 16.7 Å². The molecule has 0 aliphatic rings. The Morgan fingerprint density at radius 3 is 2.50 bits per heavy atom. The maximum atomic E-state index is 12.7. The molecule has 2 heterocycles. The van der Waals surface area contributed by atoms with E-state index in [0.717, 1.165) is 11.1 Å². The Labute approximate surface area is 160 Å². The first kappa shape index (κ1) is 17.5. The molecule has 0 fully saturated rings. The third kappa shape index (κ3) is 3.35. The molecule has 6 nitrogen and oxygen atoms in total. The number of aromatic nitrogens is 1. The van der Waals surface area contributed by atoms with Gasteiger partial charge in [-0.05, 0) is 43.3 Å². The van der Waals surface area contributed by atoms with E-state index < -0.39 is 5.63 Å². The predicted octanol–water partition coefficient (Wildman–Crippen LogP) is 3.74. The van der Waals surface area contributed by atoms with Gasteiger partial charge < -0.3 is 8.98 Å². The van der Waals surface area contributed by atoms with E-state index in [9.17, 15) is 9.59 Å². The number of amides is 1. The molecule has 2 aromatic heterocycles. The van der Waals surface area contributed by atoms with E-state index in [4.69, 9.17) is 4.42 Å². The highest BCUT2D eigenvalue weighted by Gasteiger charge is 2.13. The van der Waals surface area contributed by atoms with E-state index in [1.165, 1.54) is 0 Å². The highest BCUT2D eigenvalue weighted by atomic mass is 16.4. The first-order valence-electron chi connectivity index (χ1n) is 8.74. The van der Waals surface area contributed by atoms with Crippen molar-refractivity contribution in [2.75, 3.05) is 0 Å². The molecule has 6 heteroatoms. The molecule has 0 unspecified atom stereocenters. The van der Waals surface area contributed by atoms with Crippen LogP contribution in [0.5, 0.6) is 0 Å². The molecule has 0 saturated heterocycles. The molecule has 2 aromatic carbocycles. The lowest BCUT2D eigenvalue weighted by atomic mass is 10.1. The Morgan fingerprint density at radius 2 is 1.68 bits per heavy atom. The summed E-state index contributed by atoms with van der Waals surface area (Å²) in [6.45, 7) is 1.65. The lowest BCUT2D eigenvalue weighted by molar-refractivity contribution is 0.0955.